The van der Waals surface area contributed by atoms with Gasteiger partial charge in [0, 0.05) is 81.3 Å². The van der Waals surface area contributed by atoms with E-state index in [2.05, 4.69) is 80.3 Å². The van der Waals surface area contributed by atoms with Crippen LogP contribution in [0.2, 0.25) is 0 Å². The Balaban J connectivity index is 1.37. The molecule has 1 fully saturated rings. The summed E-state index contributed by atoms with van der Waals surface area (Å²) in [6.45, 7) is 10.2. The van der Waals surface area contributed by atoms with Crippen LogP contribution in [-0.2, 0) is 22.6 Å². The number of nitrogens with one attached hydrogen (secondary N) is 1. The summed E-state index contributed by atoms with van der Waals surface area (Å²) >= 11 is 0. The van der Waals surface area contributed by atoms with Crippen molar-refractivity contribution in [2.24, 2.45) is 0 Å². The van der Waals surface area contributed by atoms with Crippen molar-refractivity contribution < 1.29 is 14.3 Å². The second-order valence-electron chi connectivity index (χ2n) is 12.1. The summed E-state index contributed by atoms with van der Waals surface area (Å²) in [5, 5.41) is 3.06. The average molecular weight is 564 g/mol. The number of benzene rings is 1. The molecule has 2 aliphatic rings. The highest BCUT2D eigenvalue weighted by Crippen LogP contribution is 2.30. The number of ether oxygens (including phenoxy) is 1. The Morgan fingerprint density at radius 2 is 1.88 bits per heavy atom. The summed E-state index contributed by atoms with van der Waals surface area (Å²) in [6, 6.07) is 10.8. The van der Waals surface area contributed by atoms with Gasteiger partial charge in [-0.3, -0.25) is 19.5 Å². The molecule has 0 radical (unpaired) electrons. The van der Waals surface area contributed by atoms with Crippen molar-refractivity contribution in [3.05, 3.63) is 52.8 Å². The van der Waals surface area contributed by atoms with Crippen LogP contribution in [0.15, 0.2) is 30.3 Å². The molecule has 0 unspecified atom stereocenters. The molecule has 0 atom stereocenters. The van der Waals surface area contributed by atoms with Crippen LogP contribution < -0.4 is 15.0 Å². The maximum absolute atomic E-state index is 13.2. The summed E-state index contributed by atoms with van der Waals surface area (Å²) in [5.74, 6) is 1.57. The molecule has 0 spiro atoms. The molecule has 41 heavy (non-hydrogen) atoms. The first-order valence-corrected chi connectivity index (χ1v) is 15.4. The van der Waals surface area contributed by atoms with E-state index in [1.807, 2.05) is 4.90 Å². The van der Waals surface area contributed by atoms with Gasteiger partial charge in [0.2, 0.25) is 11.8 Å². The van der Waals surface area contributed by atoms with Crippen LogP contribution in [0.25, 0.3) is 0 Å². The van der Waals surface area contributed by atoms with E-state index in [1.165, 1.54) is 5.69 Å². The Labute approximate surface area is 246 Å². The number of pyridine rings is 1. The minimum Gasteiger partial charge on any atom is -0.493 e. The van der Waals surface area contributed by atoms with Crippen molar-refractivity contribution in [2.45, 2.75) is 84.2 Å². The molecule has 8 heteroatoms. The molecule has 4 rings (SSSR count). The van der Waals surface area contributed by atoms with Crippen molar-refractivity contribution in [1.82, 2.24) is 20.1 Å². The van der Waals surface area contributed by atoms with Crippen LogP contribution in [0.3, 0.4) is 0 Å². The zero-order valence-corrected chi connectivity index (χ0v) is 25.7. The third-order valence-electron chi connectivity index (χ3n) is 8.34. The number of hydrogen-bond acceptors (Lipinski definition) is 6. The molecule has 3 heterocycles. The van der Waals surface area contributed by atoms with Gasteiger partial charge in [-0.05, 0) is 83.1 Å². The third kappa shape index (κ3) is 8.93. The van der Waals surface area contributed by atoms with Gasteiger partial charge in [-0.15, -0.1) is 0 Å². The number of rotatable bonds is 6. The smallest absolute Gasteiger partial charge is 0.234 e. The van der Waals surface area contributed by atoms with Crippen LogP contribution >= 0.6 is 0 Å². The minimum atomic E-state index is 0.0715. The number of anilines is 1. The molecule has 2 aromatic rings. The zero-order chi connectivity index (χ0) is 29.4. The van der Waals surface area contributed by atoms with Crippen LogP contribution in [0.1, 0.15) is 80.8 Å². The summed E-state index contributed by atoms with van der Waals surface area (Å²) in [7, 11) is 4.12. The van der Waals surface area contributed by atoms with Crippen molar-refractivity contribution in [3.8, 4) is 5.75 Å². The average Bonchev–Trinajstić information content (AvgIpc) is 2.96. The summed E-state index contributed by atoms with van der Waals surface area (Å²) in [6.07, 6.45) is 6.04. The molecule has 224 valence electrons. The number of fused-ring (bicyclic) bond motifs is 1. The van der Waals surface area contributed by atoms with E-state index >= 15 is 0 Å². The van der Waals surface area contributed by atoms with Gasteiger partial charge in [0.1, 0.15) is 5.75 Å². The topological polar surface area (TPSA) is 78.0 Å². The third-order valence-corrected chi connectivity index (χ3v) is 8.34. The number of piperidine rings is 1. The highest BCUT2D eigenvalue weighted by Gasteiger charge is 2.25. The molecular weight excluding hydrogens is 514 g/mol. The lowest BCUT2D eigenvalue weighted by Gasteiger charge is -2.32. The minimum absolute atomic E-state index is 0.0715. The standard InChI is InChI=1S/C33H49N5O3/c1-24(2)38-22-28-20-26(9-11-31(28)41-18-8-6-7-15-34-32(39)23-38)10-12-33(40)37-16-13-27(14-17-37)30-21-29(36(4)5)19-25(3)35-30/h9,11,19-21,24,27H,6-8,10,12-18,22-23H2,1-5H3,(H,34,39). The predicted molar refractivity (Wildman–Crippen MR) is 165 cm³/mol. The number of carbonyl (C=O) groups excluding carboxylic acids is 2. The van der Waals surface area contributed by atoms with E-state index in [9.17, 15) is 9.59 Å². The molecule has 0 bridgehead atoms. The van der Waals surface area contributed by atoms with Gasteiger partial charge >= 0.3 is 0 Å². The summed E-state index contributed by atoms with van der Waals surface area (Å²) < 4.78 is 6.19. The fraction of sp³-hybridized carbons (Fsp3) is 0.606. The van der Waals surface area contributed by atoms with Gasteiger partial charge < -0.3 is 19.9 Å². The first kappa shape index (κ1) is 30.8. The normalized spacial score (nSPS) is 18.0. The number of carbonyl (C=O) groups is 2. The second-order valence-corrected chi connectivity index (χ2v) is 12.1. The van der Waals surface area contributed by atoms with E-state index in [1.54, 1.807) is 0 Å². The number of hydrogen-bond donors (Lipinski definition) is 1. The van der Waals surface area contributed by atoms with Crippen molar-refractivity contribution >= 4 is 17.5 Å². The molecule has 1 aromatic heterocycles. The first-order valence-electron chi connectivity index (χ1n) is 15.4. The quantitative estimate of drug-likeness (QED) is 0.550. The SMILES string of the molecule is Cc1cc(N(C)C)cc(C2CCN(C(=O)CCc3ccc4c(c3)CN(C(C)C)CC(=O)NCCCCCO4)CC2)n1. The zero-order valence-electron chi connectivity index (χ0n) is 25.7. The monoisotopic (exact) mass is 563 g/mol. The van der Waals surface area contributed by atoms with Gasteiger partial charge in [0.25, 0.3) is 0 Å². The Kier molecular flexibility index (Phi) is 11.0. The molecule has 0 saturated carbocycles. The van der Waals surface area contributed by atoms with Gasteiger partial charge in [-0.1, -0.05) is 12.1 Å². The van der Waals surface area contributed by atoms with Crippen LogP contribution in [-0.4, -0.2) is 79.5 Å². The molecule has 8 nitrogen and oxygen atoms in total. The number of aromatic nitrogens is 1. The molecule has 1 aromatic carbocycles. The Morgan fingerprint density at radius 1 is 1.10 bits per heavy atom. The Hall–Kier alpha value is -3.13. The van der Waals surface area contributed by atoms with E-state index < -0.39 is 0 Å². The van der Waals surface area contributed by atoms with Gasteiger partial charge in [-0.2, -0.15) is 0 Å². The maximum atomic E-state index is 13.2. The molecule has 2 amide bonds. The number of aryl methyl sites for hydroxylation is 2. The van der Waals surface area contributed by atoms with Crippen LogP contribution in [0, 0.1) is 6.92 Å². The highest BCUT2D eigenvalue weighted by molar-refractivity contribution is 5.78. The van der Waals surface area contributed by atoms with Crippen LogP contribution in [0.5, 0.6) is 5.75 Å². The van der Waals surface area contributed by atoms with Crippen molar-refractivity contribution in [1.29, 1.82) is 0 Å². The van der Waals surface area contributed by atoms with Crippen molar-refractivity contribution in [2.75, 3.05) is 51.8 Å². The van der Waals surface area contributed by atoms with Crippen molar-refractivity contribution in [3.63, 3.8) is 0 Å². The van der Waals surface area contributed by atoms with Gasteiger partial charge in [-0.25, -0.2) is 0 Å². The molecule has 1 saturated heterocycles. The van der Waals surface area contributed by atoms with E-state index in [0.717, 1.165) is 73.5 Å². The Bertz CT molecular complexity index is 1170. The lowest BCUT2D eigenvalue weighted by Crippen LogP contribution is -2.40. The lowest BCUT2D eigenvalue weighted by molar-refractivity contribution is -0.132. The predicted octanol–water partition coefficient (Wildman–Crippen LogP) is 4.68. The van der Waals surface area contributed by atoms with E-state index in [4.69, 9.17) is 9.72 Å². The first-order chi connectivity index (χ1) is 19.7. The fourth-order valence-electron chi connectivity index (χ4n) is 5.72. The molecular formula is C33H49N5O3. The van der Waals surface area contributed by atoms with Gasteiger partial charge in [0.05, 0.1) is 13.2 Å². The molecule has 2 aliphatic heterocycles. The molecule has 1 N–H and O–H groups in total. The number of amides is 2. The van der Waals surface area contributed by atoms with Crippen LogP contribution in [0.4, 0.5) is 5.69 Å². The lowest BCUT2D eigenvalue weighted by atomic mass is 9.92. The summed E-state index contributed by atoms with van der Waals surface area (Å²) in [4.78, 5) is 36.9. The maximum Gasteiger partial charge on any atom is 0.234 e. The largest absolute Gasteiger partial charge is 0.493 e. The fourth-order valence-corrected chi connectivity index (χ4v) is 5.72. The number of likely N-dealkylation sites (tertiary alicyclic amines) is 1. The highest BCUT2D eigenvalue weighted by atomic mass is 16.5. The van der Waals surface area contributed by atoms with E-state index in [-0.39, 0.29) is 17.9 Å². The molecule has 0 aliphatic carbocycles. The van der Waals surface area contributed by atoms with Gasteiger partial charge in [0.15, 0.2) is 0 Å². The second kappa shape index (κ2) is 14.7. The number of nitrogens with zero attached hydrogens (tertiary/aromatic N) is 4. The summed E-state index contributed by atoms with van der Waals surface area (Å²) in [5.41, 5.74) is 5.58. The van der Waals surface area contributed by atoms with E-state index in [0.29, 0.717) is 45.0 Å². The Morgan fingerprint density at radius 3 is 2.61 bits per heavy atom.